The number of nitro groups is 1. The largest absolute Gasteiger partial charge is 0.381 e. The molecule has 2 aromatic rings. The number of nitrogens with zero attached hydrogens (tertiary/aromatic N) is 1. The standard InChI is InChI=1S/C15H16N2O4S/c1-11-9-13(5-8-15(11)17(18)19)16-10-12-3-6-14(7-4-12)22(2,20)21/h3-9,16H,10H2,1-2H3. The molecule has 1 N–H and O–H groups in total. The van der Waals surface area contributed by atoms with Crippen molar-refractivity contribution in [2.24, 2.45) is 0 Å². The van der Waals surface area contributed by atoms with E-state index in [-0.39, 0.29) is 10.6 Å². The van der Waals surface area contributed by atoms with Crippen LogP contribution in [-0.4, -0.2) is 19.6 Å². The fourth-order valence-corrected chi connectivity index (χ4v) is 2.66. The van der Waals surface area contributed by atoms with Crippen LogP contribution in [-0.2, 0) is 16.4 Å². The molecule has 2 rings (SSSR count). The summed E-state index contributed by atoms with van der Waals surface area (Å²) in [5, 5.41) is 13.9. The quantitative estimate of drug-likeness (QED) is 0.676. The average Bonchev–Trinajstić information content (AvgIpc) is 2.44. The van der Waals surface area contributed by atoms with Crippen LogP contribution >= 0.6 is 0 Å². The van der Waals surface area contributed by atoms with E-state index in [4.69, 9.17) is 0 Å². The molecule has 0 amide bonds. The molecule has 0 fully saturated rings. The minimum Gasteiger partial charge on any atom is -0.381 e. The molecule has 0 aromatic heterocycles. The van der Waals surface area contributed by atoms with Gasteiger partial charge in [0.05, 0.1) is 9.82 Å². The number of hydrogen-bond donors (Lipinski definition) is 1. The SMILES string of the molecule is Cc1cc(NCc2ccc(S(C)(=O)=O)cc2)ccc1[N+](=O)[O-]. The maximum Gasteiger partial charge on any atom is 0.272 e. The van der Waals surface area contributed by atoms with Crippen LogP contribution in [0.3, 0.4) is 0 Å². The number of nitrogens with one attached hydrogen (secondary N) is 1. The number of anilines is 1. The van der Waals surface area contributed by atoms with Crippen molar-refractivity contribution in [3.8, 4) is 0 Å². The zero-order chi connectivity index (χ0) is 16.3. The van der Waals surface area contributed by atoms with Gasteiger partial charge in [-0.2, -0.15) is 0 Å². The van der Waals surface area contributed by atoms with Crippen molar-refractivity contribution in [1.82, 2.24) is 0 Å². The molecular formula is C15H16N2O4S. The van der Waals surface area contributed by atoms with Gasteiger partial charge in [-0.3, -0.25) is 10.1 Å². The highest BCUT2D eigenvalue weighted by Crippen LogP contribution is 2.22. The zero-order valence-electron chi connectivity index (χ0n) is 12.2. The molecule has 0 radical (unpaired) electrons. The van der Waals surface area contributed by atoms with Crippen molar-refractivity contribution >= 4 is 21.2 Å². The Hall–Kier alpha value is -2.41. The molecular weight excluding hydrogens is 304 g/mol. The van der Waals surface area contributed by atoms with E-state index in [1.807, 2.05) is 0 Å². The molecule has 0 bridgehead atoms. The Morgan fingerprint density at radius 2 is 1.77 bits per heavy atom. The van der Waals surface area contributed by atoms with E-state index in [2.05, 4.69) is 5.32 Å². The van der Waals surface area contributed by atoms with E-state index >= 15 is 0 Å². The average molecular weight is 320 g/mol. The summed E-state index contributed by atoms with van der Waals surface area (Å²) in [6.45, 7) is 2.19. The van der Waals surface area contributed by atoms with Gasteiger partial charge in [-0.15, -0.1) is 0 Å². The summed E-state index contributed by atoms with van der Waals surface area (Å²) in [5.74, 6) is 0. The fraction of sp³-hybridized carbons (Fsp3) is 0.200. The number of rotatable bonds is 5. The molecule has 22 heavy (non-hydrogen) atoms. The first-order valence-electron chi connectivity index (χ1n) is 6.55. The molecule has 0 aliphatic rings. The van der Waals surface area contributed by atoms with Gasteiger partial charge in [-0.1, -0.05) is 12.1 Å². The second-order valence-corrected chi connectivity index (χ2v) is 7.04. The van der Waals surface area contributed by atoms with E-state index in [0.29, 0.717) is 12.1 Å². The number of aryl methyl sites for hydroxylation is 1. The summed E-state index contributed by atoms with van der Waals surface area (Å²) in [6, 6.07) is 11.4. The van der Waals surface area contributed by atoms with Gasteiger partial charge in [0.25, 0.3) is 5.69 Å². The van der Waals surface area contributed by atoms with E-state index in [0.717, 1.165) is 11.3 Å². The van der Waals surface area contributed by atoms with Crippen LogP contribution in [0.25, 0.3) is 0 Å². The second kappa shape index (κ2) is 6.15. The Kier molecular flexibility index (Phi) is 4.46. The van der Waals surface area contributed by atoms with E-state index in [1.165, 1.54) is 12.3 Å². The van der Waals surface area contributed by atoms with Crippen LogP contribution in [0.2, 0.25) is 0 Å². The van der Waals surface area contributed by atoms with E-state index < -0.39 is 14.8 Å². The van der Waals surface area contributed by atoms with Gasteiger partial charge in [-0.25, -0.2) is 8.42 Å². The monoisotopic (exact) mass is 320 g/mol. The number of benzene rings is 2. The fourth-order valence-electron chi connectivity index (χ4n) is 2.03. The molecule has 0 saturated carbocycles. The summed E-state index contributed by atoms with van der Waals surface area (Å²) in [7, 11) is -3.19. The molecule has 7 heteroatoms. The molecule has 0 aliphatic carbocycles. The highest BCUT2D eigenvalue weighted by Gasteiger charge is 2.10. The van der Waals surface area contributed by atoms with Gasteiger partial charge >= 0.3 is 0 Å². The van der Waals surface area contributed by atoms with Crippen molar-refractivity contribution in [2.75, 3.05) is 11.6 Å². The zero-order valence-corrected chi connectivity index (χ0v) is 13.1. The highest BCUT2D eigenvalue weighted by molar-refractivity contribution is 7.90. The summed E-state index contributed by atoms with van der Waals surface area (Å²) in [5.41, 5.74) is 2.36. The lowest BCUT2D eigenvalue weighted by atomic mass is 10.1. The Bertz CT molecular complexity index is 799. The molecule has 0 unspecified atom stereocenters. The van der Waals surface area contributed by atoms with Gasteiger partial charge in [0.15, 0.2) is 9.84 Å². The van der Waals surface area contributed by atoms with Gasteiger partial charge in [0.1, 0.15) is 0 Å². The van der Waals surface area contributed by atoms with Gasteiger partial charge in [-0.05, 0) is 36.8 Å². The Morgan fingerprint density at radius 3 is 2.27 bits per heavy atom. The van der Waals surface area contributed by atoms with Gasteiger partial charge in [0.2, 0.25) is 0 Å². The lowest BCUT2D eigenvalue weighted by Gasteiger charge is -2.08. The molecule has 6 nitrogen and oxygen atoms in total. The minimum atomic E-state index is -3.19. The van der Waals surface area contributed by atoms with Crippen LogP contribution in [0.15, 0.2) is 47.4 Å². The number of nitro benzene ring substituents is 1. The first-order valence-corrected chi connectivity index (χ1v) is 8.44. The summed E-state index contributed by atoms with van der Waals surface area (Å²) >= 11 is 0. The van der Waals surface area contributed by atoms with E-state index in [1.54, 1.807) is 43.3 Å². The van der Waals surface area contributed by atoms with Crippen LogP contribution < -0.4 is 5.32 Å². The molecule has 0 saturated heterocycles. The maximum absolute atomic E-state index is 11.4. The summed E-state index contributed by atoms with van der Waals surface area (Å²) < 4.78 is 22.8. The maximum atomic E-state index is 11.4. The predicted octanol–water partition coefficient (Wildman–Crippen LogP) is 2.92. The molecule has 2 aromatic carbocycles. The van der Waals surface area contributed by atoms with Crippen molar-refractivity contribution in [1.29, 1.82) is 0 Å². The molecule has 0 spiro atoms. The lowest BCUT2D eigenvalue weighted by molar-refractivity contribution is -0.385. The molecule has 116 valence electrons. The molecule has 0 aliphatic heterocycles. The van der Waals surface area contributed by atoms with Crippen LogP contribution in [0.5, 0.6) is 0 Å². The topological polar surface area (TPSA) is 89.3 Å². The Balaban J connectivity index is 2.07. The first-order chi connectivity index (χ1) is 10.3. The molecule has 0 heterocycles. The third kappa shape index (κ3) is 3.82. The van der Waals surface area contributed by atoms with E-state index in [9.17, 15) is 18.5 Å². The summed E-state index contributed by atoms with van der Waals surface area (Å²) in [6.07, 6.45) is 1.17. The number of hydrogen-bond acceptors (Lipinski definition) is 5. The van der Waals surface area contributed by atoms with Crippen molar-refractivity contribution in [2.45, 2.75) is 18.4 Å². The predicted molar refractivity (Wildman–Crippen MR) is 84.7 cm³/mol. The van der Waals surface area contributed by atoms with Crippen LogP contribution in [0.4, 0.5) is 11.4 Å². The van der Waals surface area contributed by atoms with Crippen LogP contribution in [0, 0.1) is 17.0 Å². The minimum absolute atomic E-state index is 0.0862. The lowest BCUT2D eigenvalue weighted by Crippen LogP contribution is -2.02. The van der Waals surface area contributed by atoms with Crippen LogP contribution in [0.1, 0.15) is 11.1 Å². The normalized spacial score (nSPS) is 11.2. The van der Waals surface area contributed by atoms with Gasteiger partial charge < -0.3 is 5.32 Å². The second-order valence-electron chi connectivity index (χ2n) is 5.03. The smallest absolute Gasteiger partial charge is 0.272 e. The van der Waals surface area contributed by atoms with Crippen molar-refractivity contribution < 1.29 is 13.3 Å². The van der Waals surface area contributed by atoms with Gasteiger partial charge in [0, 0.05) is 30.1 Å². The Labute approximate surface area is 128 Å². The van der Waals surface area contributed by atoms with Crippen molar-refractivity contribution in [3.63, 3.8) is 0 Å². The van der Waals surface area contributed by atoms with Crippen molar-refractivity contribution in [3.05, 3.63) is 63.7 Å². The first kappa shape index (κ1) is 16.0. The number of sulfone groups is 1. The molecule has 0 atom stereocenters. The third-order valence-electron chi connectivity index (χ3n) is 3.24. The third-order valence-corrected chi connectivity index (χ3v) is 4.37. The highest BCUT2D eigenvalue weighted by atomic mass is 32.2. The summed E-state index contributed by atoms with van der Waals surface area (Å²) in [4.78, 5) is 10.6. The Morgan fingerprint density at radius 1 is 1.14 bits per heavy atom.